The second-order valence-corrected chi connectivity index (χ2v) is 4.21. The number of carbonyl (C=O) groups excluding carboxylic acids is 6. The molecular formula is C11H9NO6. The fourth-order valence-corrected chi connectivity index (χ4v) is 2.08. The largest absolute Gasteiger partial charge is 0.348 e. The molecule has 0 aromatic carbocycles. The molecule has 1 amide bonds. The van der Waals surface area contributed by atoms with Crippen LogP contribution in [-0.4, -0.2) is 41.4 Å². The maximum absolute atomic E-state index is 11.7. The predicted molar refractivity (Wildman–Crippen MR) is 54.3 cm³/mol. The van der Waals surface area contributed by atoms with Crippen molar-refractivity contribution in [2.24, 2.45) is 11.8 Å². The Kier molecular flexibility index (Phi) is 2.90. The monoisotopic (exact) mass is 251 g/mol. The van der Waals surface area contributed by atoms with Crippen LogP contribution in [0.5, 0.6) is 0 Å². The second kappa shape index (κ2) is 4.25. The van der Waals surface area contributed by atoms with Gasteiger partial charge >= 0.3 is 0 Å². The summed E-state index contributed by atoms with van der Waals surface area (Å²) in [7, 11) is 0. The Balaban J connectivity index is 2.21. The van der Waals surface area contributed by atoms with Crippen molar-refractivity contribution in [3.05, 3.63) is 0 Å². The van der Waals surface area contributed by atoms with Crippen molar-refractivity contribution >= 4 is 34.8 Å². The van der Waals surface area contributed by atoms with Crippen LogP contribution in [0.4, 0.5) is 0 Å². The van der Waals surface area contributed by atoms with E-state index in [4.69, 9.17) is 0 Å². The van der Waals surface area contributed by atoms with E-state index in [1.54, 1.807) is 0 Å². The highest BCUT2D eigenvalue weighted by Gasteiger charge is 2.48. The van der Waals surface area contributed by atoms with Gasteiger partial charge in [-0.25, -0.2) is 0 Å². The third-order valence-electron chi connectivity index (χ3n) is 3.05. The molecule has 0 bridgehead atoms. The maximum atomic E-state index is 11.7. The number of rotatable bonds is 3. The highest BCUT2D eigenvalue weighted by molar-refractivity contribution is 6.53. The molecule has 1 heterocycles. The van der Waals surface area contributed by atoms with Crippen LogP contribution in [0.15, 0.2) is 0 Å². The first-order valence-electron chi connectivity index (χ1n) is 5.37. The van der Waals surface area contributed by atoms with Gasteiger partial charge in [-0.1, -0.05) is 0 Å². The number of carbonyl (C=O) groups is 6. The van der Waals surface area contributed by atoms with E-state index in [1.807, 2.05) is 0 Å². The lowest BCUT2D eigenvalue weighted by Crippen LogP contribution is -2.39. The summed E-state index contributed by atoms with van der Waals surface area (Å²) in [5.41, 5.74) is 0. The van der Waals surface area contributed by atoms with Crippen LogP contribution in [-0.2, 0) is 28.8 Å². The average molecular weight is 251 g/mol. The molecule has 0 spiro atoms. The zero-order chi connectivity index (χ0) is 13.4. The molecule has 2 aliphatic rings. The normalized spacial score (nSPS) is 24.6. The van der Waals surface area contributed by atoms with Gasteiger partial charge in [0.25, 0.3) is 0 Å². The molecule has 0 radical (unpaired) electrons. The molecule has 1 saturated heterocycles. The van der Waals surface area contributed by atoms with Gasteiger partial charge < -0.3 is 5.32 Å². The van der Waals surface area contributed by atoms with Gasteiger partial charge in [0, 0.05) is 12.8 Å². The zero-order valence-corrected chi connectivity index (χ0v) is 9.23. The molecular weight excluding hydrogens is 242 g/mol. The van der Waals surface area contributed by atoms with E-state index in [0.717, 1.165) is 0 Å². The lowest BCUT2D eigenvalue weighted by atomic mass is 9.89. The first-order valence-corrected chi connectivity index (χ1v) is 5.37. The number of ketones is 5. The number of nitrogens with one attached hydrogen (secondary N) is 1. The van der Waals surface area contributed by atoms with Crippen molar-refractivity contribution in [3.63, 3.8) is 0 Å². The summed E-state index contributed by atoms with van der Waals surface area (Å²) >= 11 is 0. The Morgan fingerprint density at radius 1 is 0.833 bits per heavy atom. The van der Waals surface area contributed by atoms with Crippen molar-refractivity contribution < 1.29 is 28.8 Å². The summed E-state index contributed by atoms with van der Waals surface area (Å²) in [5, 5.41) is 2.14. The van der Waals surface area contributed by atoms with E-state index in [2.05, 4.69) is 5.32 Å². The first kappa shape index (κ1) is 12.3. The maximum Gasteiger partial charge on any atom is 0.239 e. The SMILES string of the molecule is O=C1CCC(=O)C1C(=O)C(=O)C1C(=O)CNC1=O. The molecule has 94 valence electrons. The van der Waals surface area contributed by atoms with Crippen LogP contribution < -0.4 is 5.32 Å². The van der Waals surface area contributed by atoms with Crippen molar-refractivity contribution in [1.29, 1.82) is 0 Å². The highest BCUT2D eigenvalue weighted by atomic mass is 16.2. The summed E-state index contributed by atoms with van der Waals surface area (Å²) in [6, 6.07) is 0. The average Bonchev–Trinajstić information content (AvgIpc) is 2.81. The Labute approximate surface area is 101 Å². The lowest BCUT2D eigenvalue weighted by molar-refractivity contribution is -0.149. The minimum Gasteiger partial charge on any atom is -0.348 e. The molecule has 1 atom stereocenters. The fourth-order valence-electron chi connectivity index (χ4n) is 2.08. The van der Waals surface area contributed by atoms with Crippen LogP contribution in [0, 0.1) is 11.8 Å². The Bertz CT molecular complexity index is 428. The third kappa shape index (κ3) is 1.77. The molecule has 7 nitrogen and oxygen atoms in total. The third-order valence-corrected chi connectivity index (χ3v) is 3.05. The van der Waals surface area contributed by atoms with Crippen molar-refractivity contribution in [3.8, 4) is 0 Å². The molecule has 2 fully saturated rings. The van der Waals surface area contributed by atoms with Crippen LogP contribution in [0.3, 0.4) is 0 Å². The molecule has 1 aliphatic carbocycles. The Hall–Kier alpha value is -2.18. The summed E-state index contributed by atoms with van der Waals surface area (Å²) < 4.78 is 0. The Morgan fingerprint density at radius 2 is 1.33 bits per heavy atom. The summed E-state index contributed by atoms with van der Waals surface area (Å²) in [6.07, 6.45) is -0.152. The van der Waals surface area contributed by atoms with Gasteiger partial charge in [0.2, 0.25) is 17.5 Å². The van der Waals surface area contributed by atoms with Gasteiger partial charge in [0.1, 0.15) is 5.92 Å². The van der Waals surface area contributed by atoms with Crippen molar-refractivity contribution in [2.75, 3.05) is 6.54 Å². The zero-order valence-electron chi connectivity index (χ0n) is 9.23. The molecule has 1 unspecified atom stereocenters. The fraction of sp³-hybridized carbons (Fsp3) is 0.455. The summed E-state index contributed by atoms with van der Waals surface area (Å²) in [4.78, 5) is 68.6. The van der Waals surface area contributed by atoms with Crippen LogP contribution in [0.1, 0.15) is 12.8 Å². The topological polar surface area (TPSA) is 114 Å². The molecule has 1 N–H and O–H groups in total. The smallest absolute Gasteiger partial charge is 0.239 e. The minimum absolute atomic E-state index is 0.0761. The number of amides is 1. The molecule has 2 rings (SSSR count). The van der Waals surface area contributed by atoms with E-state index in [-0.39, 0.29) is 19.4 Å². The minimum atomic E-state index is -1.70. The molecule has 0 aromatic heterocycles. The van der Waals surface area contributed by atoms with Gasteiger partial charge in [-0.05, 0) is 0 Å². The molecule has 18 heavy (non-hydrogen) atoms. The van der Waals surface area contributed by atoms with Gasteiger partial charge in [0.15, 0.2) is 23.3 Å². The van der Waals surface area contributed by atoms with Crippen LogP contribution in [0.25, 0.3) is 0 Å². The number of hydrogen-bond acceptors (Lipinski definition) is 6. The van der Waals surface area contributed by atoms with Gasteiger partial charge in [-0.3, -0.25) is 28.8 Å². The Morgan fingerprint density at radius 3 is 1.78 bits per heavy atom. The van der Waals surface area contributed by atoms with Gasteiger partial charge in [0.05, 0.1) is 6.54 Å². The van der Waals surface area contributed by atoms with E-state index in [9.17, 15) is 28.8 Å². The van der Waals surface area contributed by atoms with E-state index >= 15 is 0 Å². The molecule has 1 saturated carbocycles. The van der Waals surface area contributed by atoms with E-state index in [1.165, 1.54) is 0 Å². The molecule has 1 aliphatic heterocycles. The van der Waals surface area contributed by atoms with E-state index < -0.39 is 46.7 Å². The highest BCUT2D eigenvalue weighted by Crippen LogP contribution is 2.21. The van der Waals surface area contributed by atoms with Crippen molar-refractivity contribution in [2.45, 2.75) is 12.8 Å². The van der Waals surface area contributed by atoms with Crippen LogP contribution in [0.2, 0.25) is 0 Å². The second-order valence-electron chi connectivity index (χ2n) is 4.21. The van der Waals surface area contributed by atoms with E-state index in [0.29, 0.717) is 0 Å². The summed E-state index contributed by atoms with van der Waals surface area (Å²) in [6.45, 7) is -0.310. The lowest BCUT2D eigenvalue weighted by Gasteiger charge is -2.07. The molecule has 0 aromatic rings. The number of hydrogen-bond donors (Lipinski definition) is 1. The van der Waals surface area contributed by atoms with Gasteiger partial charge in [-0.2, -0.15) is 0 Å². The first-order chi connectivity index (χ1) is 8.43. The van der Waals surface area contributed by atoms with Crippen LogP contribution >= 0.6 is 0 Å². The number of Topliss-reactive ketones (excluding diaryl/α,β-unsaturated/α-hetero) is 5. The van der Waals surface area contributed by atoms with Crippen molar-refractivity contribution in [1.82, 2.24) is 5.32 Å². The predicted octanol–water partition coefficient (Wildman–Crippen LogP) is -2.01. The molecule has 7 heteroatoms. The summed E-state index contributed by atoms with van der Waals surface area (Å²) in [5.74, 6) is -8.61. The van der Waals surface area contributed by atoms with Gasteiger partial charge in [-0.15, -0.1) is 0 Å². The quantitative estimate of drug-likeness (QED) is 0.457. The standard InChI is InChI=1S/C11H9NO6/c13-4-1-2-5(14)7(4)9(16)10(17)8-6(15)3-12-11(8)18/h7-8H,1-3H2,(H,12,18).